The summed E-state index contributed by atoms with van der Waals surface area (Å²) in [5, 5.41) is 3.19. The van der Waals surface area contributed by atoms with Crippen molar-refractivity contribution in [3.8, 4) is 0 Å². The molecule has 2 N–H and O–H groups in total. The summed E-state index contributed by atoms with van der Waals surface area (Å²) >= 11 is 1.72. The van der Waals surface area contributed by atoms with E-state index in [1.165, 1.54) is 38.5 Å². The summed E-state index contributed by atoms with van der Waals surface area (Å²) in [6.45, 7) is 0. The lowest BCUT2D eigenvalue weighted by Gasteiger charge is -2.55. The Balaban J connectivity index is 1.49. The number of thiazole rings is 1. The van der Waals surface area contributed by atoms with Crippen LogP contribution in [0.15, 0.2) is 11.6 Å². The summed E-state index contributed by atoms with van der Waals surface area (Å²) in [7, 11) is 0. The Hall–Kier alpha value is -0.410. The minimum atomic E-state index is 0.188. The molecule has 5 rings (SSSR count). The largest absolute Gasteiger partial charge is 0.322 e. The predicted molar refractivity (Wildman–Crippen MR) is 74.2 cm³/mol. The molecule has 4 bridgehead atoms. The zero-order chi connectivity index (χ0) is 12.1. The Labute approximate surface area is 113 Å². The first kappa shape index (κ1) is 11.4. The van der Waals surface area contributed by atoms with Crippen LogP contribution in [0.5, 0.6) is 0 Å². The van der Waals surface area contributed by atoms with E-state index in [9.17, 15) is 0 Å². The van der Waals surface area contributed by atoms with Gasteiger partial charge in [-0.05, 0) is 68.1 Å². The fourth-order valence-corrected chi connectivity index (χ4v) is 5.89. The molecular weight excluding hydrogens is 240 g/mol. The van der Waals surface area contributed by atoms with Crippen molar-refractivity contribution in [2.45, 2.75) is 44.6 Å². The van der Waals surface area contributed by atoms with Gasteiger partial charge in [-0.15, -0.1) is 11.3 Å². The highest BCUT2D eigenvalue weighted by atomic mass is 32.1. The Morgan fingerprint density at radius 3 is 2.39 bits per heavy atom. The third kappa shape index (κ3) is 1.83. The molecule has 0 spiro atoms. The molecule has 18 heavy (non-hydrogen) atoms. The number of nitrogens with zero attached hydrogens (tertiary/aromatic N) is 1. The van der Waals surface area contributed by atoms with Gasteiger partial charge < -0.3 is 5.73 Å². The summed E-state index contributed by atoms with van der Waals surface area (Å²) in [5.74, 6) is 5.02. The summed E-state index contributed by atoms with van der Waals surface area (Å²) in [6, 6.07) is 0.188. The SMILES string of the molecule is NC(CC1C2CC3CC(C2)CC1C3)c1nccs1. The highest BCUT2D eigenvalue weighted by Gasteiger charge is 2.48. The van der Waals surface area contributed by atoms with Gasteiger partial charge in [0.05, 0.1) is 6.04 Å². The maximum Gasteiger partial charge on any atom is 0.109 e. The first-order chi connectivity index (χ1) is 8.79. The van der Waals surface area contributed by atoms with E-state index in [1.807, 2.05) is 11.6 Å². The van der Waals surface area contributed by atoms with Crippen molar-refractivity contribution < 1.29 is 0 Å². The van der Waals surface area contributed by atoms with E-state index in [1.54, 1.807) is 11.3 Å². The van der Waals surface area contributed by atoms with E-state index >= 15 is 0 Å². The van der Waals surface area contributed by atoms with Gasteiger partial charge in [-0.2, -0.15) is 0 Å². The Morgan fingerprint density at radius 1 is 1.17 bits per heavy atom. The molecule has 4 aliphatic rings. The van der Waals surface area contributed by atoms with Gasteiger partial charge in [-0.3, -0.25) is 0 Å². The molecule has 1 aromatic rings. The van der Waals surface area contributed by atoms with Gasteiger partial charge in [0.25, 0.3) is 0 Å². The van der Waals surface area contributed by atoms with E-state index in [0.717, 1.165) is 34.6 Å². The molecule has 4 aliphatic carbocycles. The predicted octanol–water partition coefficient (Wildman–Crippen LogP) is 3.61. The molecule has 0 amide bonds. The number of aromatic nitrogens is 1. The minimum Gasteiger partial charge on any atom is -0.322 e. The van der Waals surface area contributed by atoms with Crippen LogP contribution in [0.2, 0.25) is 0 Å². The quantitative estimate of drug-likeness (QED) is 0.904. The lowest BCUT2D eigenvalue weighted by molar-refractivity contribution is -0.0420. The molecule has 4 fully saturated rings. The molecule has 0 radical (unpaired) electrons. The van der Waals surface area contributed by atoms with Crippen molar-refractivity contribution in [1.82, 2.24) is 4.98 Å². The topological polar surface area (TPSA) is 38.9 Å². The molecule has 4 saturated carbocycles. The van der Waals surface area contributed by atoms with Crippen molar-refractivity contribution in [3.63, 3.8) is 0 Å². The van der Waals surface area contributed by atoms with Gasteiger partial charge in [0.1, 0.15) is 5.01 Å². The van der Waals surface area contributed by atoms with Crippen LogP contribution in [-0.4, -0.2) is 4.98 Å². The van der Waals surface area contributed by atoms with Crippen LogP contribution < -0.4 is 5.73 Å². The highest BCUT2D eigenvalue weighted by Crippen LogP contribution is 2.58. The molecule has 1 atom stereocenters. The second-order valence-electron chi connectivity index (χ2n) is 6.81. The van der Waals surface area contributed by atoms with Gasteiger partial charge in [-0.25, -0.2) is 4.98 Å². The van der Waals surface area contributed by atoms with Crippen LogP contribution in [0.1, 0.15) is 49.6 Å². The van der Waals surface area contributed by atoms with Gasteiger partial charge >= 0.3 is 0 Å². The normalized spacial score (nSPS) is 43.3. The van der Waals surface area contributed by atoms with Crippen LogP contribution in [0.4, 0.5) is 0 Å². The summed E-state index contributed by atoms with van der Waals surface area (Å²) in [4.78, 5) is 4.39. The summed E-state index contributed by atoms with van der Waals surface area (Å²) < 4.78 is 0. The lowest BCUT2D eigenvalue weighted by atomic mass is 9.51. The van der Waals surface area contributed by atoms with E-state index in [0.29, 0.717) is 0 Å². The molecule has 1 heterocycles. The third-order valence-electron chi connectivity index (χ3n) is 5.72. The average molecular weight is 262 g/mol. The van der Waals surface area contributed by atoms with Crippen LogP contribution >= 0.6 is 11.3 Å². The summed E-state index contributed by atoms with van der Waals surface area (Å²) in [6.07, 6.45) is 10.6. The molecule has 0 aromatic carbocycles. The fraction of sp³-hybridized carbons (Fsp3) is 0.800. The van der Waals surface area contributed by atoms with Gasteiger partial charge in [0.15, 0.2) is 0 Å². The third-order valence-corrected chi connectivity index (χ3v) is 6.62. The zero-order valence-electron chi connectivity index (χ0n) is 10.8. The Kier molecular flexibility index (Phi) is 2.73. The van der Waals surface area contributed by atoms with Gasteiger partial charge in [0.2, 0.25) is 0 Å². The van der Waals surface area contributed by atoms with E-state index < -0.39 is 0 Å². The smallest absolute Gasteiger partial charge is 0.109 e. The van der Waals surface area contributed by atoms with Crippen molar-refractivity contribution >= 4 is 11.3 Å². The number of rotatable bonds is 3. The van der Waals surface area contributed by atoms with Crippen molar-refractivity contribution in [1.29, 1.82) is 0 Å². The second kappa shape index (κ2) is 4.31. The van der Waals surface area contributed by atoms with Crippen molar-refractivity contribution in [3.05, 3.63) is 16.6 Å². The fourth-order valence-electron chi connectivity index (χ4n) is 5.23. The van der Waals surface area contributed by atoms with Crippen molar-refractivity contribution in [2.75, 3.05) is 0 Å². The maximum absolute atomic E-state index is 6.37. The number of hydrogen-bond donors (Lipinski definition) is 1. The summed E-state index contributed by atoms with van der Waals surface area (Å²) in [5.41, 5.74) is 6.37. The van der Waals surface area contributed by atoms with Crippen LogP contribution in [0.25, 0.3) is 0 Å². The standard InChI is InChI=1S/C15H22N2S/c16-14(15-17-1-2-18-15)8-13-11-4-9-3-10(6-11)7-12(13)5-9/h1-2,9-14H,3-8,16H2. The molecular formula is C15H22N2S. The van der Waals surface area contributed by atoms with E-state index in [2.05, 4.69) is 4.98 Å². The molecule has 3 heteroatoms. The van der Waals surface area contributed by atoms with E-state index in [-0.39, 0.29) is 6.04 Å². The minimum absolute atomic E-state index is 0.188. The van der Waals surface area contributed by atoms with Crippen LogP contribution in [0.3, 0.4) is 0 Å². The number of nitrogens with two attached hydrogens (primary N) is 1. The van der Waals surface area contributed by atoms with Crippen molar-refractivity contribution in [2.24, 2.45) is 35.3 Å². The number of hydrogen-bond acceptors (Lipinski definition) is 3. The monoisotopic (exact) mass is 262 g/mol. The Bertz CT molecular complexity index is 386. The second-order valence-corrected chi connectivity index (χ2v) is 7.73. The first-order valence-electron chi connectivity index (χ1n) is 7.44. The first-order valence-corrected chi connectivity index (χ1v) is 8.32. The molecule has 0 aliphatic heterocycles. The zero-order valence-corrected chi connectivity index (χ0v) is 11.6. The molecule has 0 saturated heterocycles. The Morgan fingerprint density at radius 2 is 1.83 bits per heavy atom. The average Bonchev–Trinajstić information content (AvgIpc) is 2.86. The van der Waals surface area contributed by atoms with Gasteiger partial charge in [-0.1, -0.05) is 0 Å². The van der Waals surface area contributed by atoms with Crippen LogP contribution in [-0.2, 0) is 0 Å². The highest BCUT2D eigenvalue weighted by molar-refractivity contribution is 7.09. The van der Waals surface area contributed by atoms with E-state index in [4.69, 9.17) is 5.73 Å². The molecule has 2 nitrogen and oxygen atoms in total. The lowest BCUT2D eigenvalue weighted by Crippen LogP contribution is -2.45. The molecule has 98 valence electrons. The molecule has 1 unspecified atom stereocenters. The van der Waals surface area contributed by atoms with Crippen LogP contribution in [0, 0.1) is 29.6 Å². The molecule has 1 aromatic heterocycles. The van der Waals surface area contributed by atoms with Gasteiger partial charge in [0, 0.05) is 11.6 Å². The maximum atomic E-state index is 6.37.